The Balaban J connectivity index is 1.77. The lowest BCUT2D eigenvalue weighted by molar-refractivity contribution is -0.117. The SMILES string of the molecule is CC(C(=O)Nc1cc(Cl)ccc1F)N1CCc2ccccc21. The molecule has 1 heterocycles. The molecule has 1 unspecified atom stereocenters. The Morgan fingerprint density at radius 3 is 2.91 bits per heavy atom. The molecule has 0 saturated heterocycles. The van der Waals surface area contributed by atoms with Gasteiger partial charge in [0.2, 0.25) is 5.91 Å². The van der Waals surface area contributed by atoms with E-state index in [0.717, 1.165) is 18.7 Å². The third-order valence-electron chi connectivity index (χ3n) is 3.96. The van der Waals surface area contributed by atoms with E-state index in [9.17, 15) is 9.18 Å². The molecule has 1 aliphatic rings. The first-order chi connectivity index (χ1) is 10.6. The van der Waals surface area contributed by atoms with E-state index in [1.165, 1.54) is 23.8 Å². The van der Waals surface area contributed by atoms with Crippen LogP contribution in [0.1, 0.15) is 12.5 Å². The molecule has 3 nitrogen and oxygen atoms in total. The fourth-order valence-corrected chi connectivity index (χ4v) is 2.91. The van der Waals surface area contributed by atoms with Crippen molar-refractivity contribution in [3.63, 3.8) is 0 Å². The molecule has 0 fully saturated rings. The normalized spacial score (nSPS) is 14.6. The number of amides is 1. The lowest BCUT2D eigenvalue weighted by atomic mass is 10.1. The van der Waals surface area contributed by atoms with Crippen molar-refractivity contribution < 1.29 is 9.18 Å². The van der Waals surface area contributed by atoms with E-state index in [-0.39, 0.29) is 17.6 Å². The van der Waals surface area contributed by atoms with Crippen LogP contribution in [0.4, 0.5) is 15.8 Å². The van der Waals surface area contributed by atoms with Crippen LogP contribution in [0.3, 0.4) is 0 Å². The van der Waals surface area contributed by atoms with Crippen LogP contribution >= 0.6 is 11.6 Å². The molecule has 0 saturated carbocycles. The van der Waals surface area contributed by atoms with E-state index in [1.807, 2.05) is 30.0 Å². The number of carbonyl (C=O) groups is 1. The molecule has 1 aliphatic heterocycles. The van der Waals surface area contributed by atoms with Crippen LogP contribution in [0, 0.1) is 5.82 Å². The van der Waals surface area contributed by atoms with Crippen molar-refractivity contribution in [2.75, 3.05) is 16.8 Å². The topological polar surface area (TPSA) is 32.3 Å². The van der Waals surface area contributed by atoms with Crippen molar-refractivity contribution >= 4 is 28.9 Å². The zero-order valence-corrected chi connectivity index (χ0v) is 12.9. The molecule has 2 aromatic rings. The third kappa shape index (κ3) is 2.79. The summed E-state index contributed by atoms with van der Waals surface area (Å²) in [7, 11) is 0. The van der Waals surface area contributed by atoms with E-state index in [1.54, 1.807) is 0 Å². The van der Waals surface area contributed by atoms with Gasteiger partial charge in [-0.1, -0.05) is 29.8 Å². The largest absolute Gasteiger partial charge is 0.359 e. The predicted octanol–water partition coefficient (Wildman–Crippen LogP) is 3.87. The van der Waals surface area contributed by atoms with E-state index < -0.39 is 5.82 Å². The van der Waals surface area contributed by atoms with Gasteiger partial charge in [0.25, 0.3) is 0 Å². The Morgan fingerprint density at radius 1 is 1.32 bits per heavy atom. The number of para-hydroxylation sites is 1. The van der Waals surface area contributed by atoms with Crippen LogP contribution in [0.25, 0.3) is 0 Å². The smallest absolute Gasteiger partial charge is 0.246 e. The zero-order valence-electron chi connectivity index (χ0n) is 12.1. The van der Waals surface area contributed by atoms with Gasteiger partial charge < -0.3 is 10.2 Å². The Morgan fingerprint density at radius 2 is 2.09 bits per heavy atom. The average molecular weight is 319 g/mol. The molecule has 1 N–H and O–H groups in total. The number of nitrogens with zero attached hydrogens (tertiary/aromatic N) is 1. The second-order valence-corrected chi connectivity index (χ2v) is 5.80. The standard InChI is InChI=1S/C17H16ClFN2O/c1-11(21-9-8-12-4-2-3-5-16(12)21)17(22)20-15-10-13(18)6-7-14(15)19/h2-7,10-11H,8-9H2,1H3,(H,20,22). The number of anilines is 2. The summed E-state index contributed by atoms with van der Waals surface area (Å²) < 4.78 is 13.7. The molecule has 3 rings (SSSR count). The molecule has 114 valence electrons. The van der Waals surface area contributed by atoms with E-state index in [0.29, 0.717) is 5.02 Å². The summed E-state index contributed by atoms with van der Waals surface area (Å²) in [5.41, 5.74) is 2.41. The van der Waals surface area contributed by atoms with Crippen molar-refractivity contribution in [3.05, 3.63) is 58.9 Å². The van der Waals surface area contributed by atoms with Crippen LogP contribution in [-0.2, 0) is 11.2 Å². The molecule has 0 aromatic heterocycles. The fourth-order valence-electron chi connectivity index (χ4n) is 2.74. The number of benzene rings is 2. The lowest BCUT2D eigenvalue weighted by Crippen LogP contribution is -2.41. The Hall–Kier alpha value is -2.07. The average Bonchev–Trinajstić information content (AvgIpc) is 2.94. The Labute approximate surface area is 133 Å². The van der Waals surface area contributed by atoms with Gasteiger partial charge in [-0.25, -0.2) is 4.39 Å². The minimum Gasteiger partial charge on any atom is -0.359 e. The molecule has 0 aliphatic carbocycles. The summed E-state index contributed by atoms with van der Waals surface area (Å²) in [6.45, 7) is 2.60. The Bertz CT molecular complexity index is 720. The van der Waals surface area contributed by atoms with Gasteiger partial charge in [0.05, 0.1) is 5.69 Å². The van der Waals surface area contributed by atoms with Crippen molar-refractivity contribution in [1.29, 1.82) is 0 Å². The highest BCUT2D eigenvalue weighted by molar-refractivity contribution is 6.30. The number of rotatable bonds is 3. The molecule has 0 spiro atoms. The van der Waals surface area contributed by atoms with Crippen LogP contribution in [0.5, 0.6) is 0 Å². The molecule has 2 aromatic carbocycles. The minimum absolute atomic E-state index is 0.108. The summed E-state index contributed by atoms with van der Waals surface area (Å²) in [4.78, 5) is 14.4. The summed E-state index contributed by atoms with van der Waals surface area (Å²) in [6, 6.07) is 11.7. The number of hydrogen-bond donors (Lipinski definition) is 1. The first kappa shape index (κ1) is 14.9. The fraction of sp³-hybridized carbons (Fsp3) is 0.235. The molecule has 1 amide bonds. The molecule has 22 heavy (non-hydrogen) atoms. The first-order valence-corrected chi connectivity index (χ1v) is 7.54. The quantitative estimate of drug-likeness (QED) is 0.931. The third-order valence-corrected chi connectivity index (χ3v) is 4.19. The maximum Gasteiger partial charge on any atom is 0.246 e. The molecule has 1 atom stereocenters. The minimum atomic E-state index is -0.494. The first-order valence-electron chi connectivity index (χ1n) is 7.17. The van der Waals surface area contributed by atoms with Gasteiger partial charge in [-0.15, -0.1) is 0 Å². The highest BCUT2D eigenvalue weighted by Gasteiger charge is 2.27. The molecule has 0 radical (unpaired) electrons. The molecule has 0 bridgehead atoms. The van der Waals surface area contributed by atoms with Gasteiger partial charge in [-0.2, -0.15) is 0 Å². The van der Waals surface area contributed by atoms with Crippen LogP contribution < -0.4 is 10.2 Å². The van der Waals surface area contributed by atoms with E-state index in [2.05, 4.69) is 11.4 Å². The highest BCUT2D eigenvalue weighted by atomic mass is 35.5. The second kappa shape index (κ2) is 5.97. The van der Waals surface area contributed by atoms with Gasteiger partial charge in [-0.3, -0.25) is 4.79 Å². The van der Waals surface area contributed by atoms with Crippen LogP contribution in [-0.4, -0.2) is 18.5 Å². The maximum atomic E-state index is 13.7. The van der Waals surface area contributed by atoms with Gasteiger partial charge in [0.1, 0.15) is 11.9 Å². The number of hydrogen-bond acceptors (Lipinski definition) is 2. The summed E-state index contributed by atoms with van der Waals surface area (Å²) in [5, 5.41) is 3.00. The van der Waals surface area contributed by atoms with Crippen molar-refractivity contribution in [1.82, 2.24) is 0 Å². The van der Waals surface area contributed by atoms with Crippen LogP contribution in [0.2, 0.25) is 5.02 Å². The monoisotopic (exact) mass is 318 g/mol. The van der Waals surface area contributed by atoms with E-state index in [4.69, 9.17) is 11.6 Å². The van der Waals surface area contributed by atoms with E-state index >= 15 is 0 Å². The van der Waals surface area contributed by atoms with Gasteiger partial charge in [0.15, 0.2) is 0 Å². The molecular formula is C17H16ClFN2O. The number of fused-ring (bicyclic) bond motifs is 1. The summed E-state index contributed by atoms with van der Waals surface area (Å²) in [6.07, 6.45) is 0.916. The van der Waals surface area contributed by atoms with Crippen molar-refractivity contribution in [2.24, 2.45) is 0 Å². The summed E-state index contributed by atoms with van der Waals surface area (Å²) >= 11 is 5.85. The number of nitrogens with one attached hydrogen (secondary N) is 1. The van der Waals surface area contributed by atoms with Crippen molar-refractivity contribution in [3.8, 4) is 0 Å². The lowest BCUT2D eigenvalue weighted by Gasteiger charge is -2.26. The summed E-state index contributed by atoms with van der Waals surface area (Å²) in [5.74, 6) is -0.746. The van der Waals surface area contributed by atoms with Gasteiger partial charge in [0, 0.05) is 17.3 Å². The highest BCUT2D eigenvalue weighted by Crippen LogP contribution is 2.29. The molecule has 5 heteroatoms. The van der Waals surface area contributed by atoms with Gasteiger partial charge >= 0.3 is 0 Å². The van der Waals surface area contributed by atoms with Gasteiger partial charge in [-0.05, 0) is 43.2 Å². The number of halogens is 2. The Kier molecular flexibility index (Phi) is 4.03. The molecular weight excluding hydrogens is 303 g/mol. The predicted molar refractivity (Wildman–Crippen MR) is 87.0 cm³/mol. The van der Waals surface area contributed by atoms with Crippen LogP contribution in [0.15, 0.2) is 42.5 Å². The number of carbonyl (C=O) groups excluding carboxylic acids is 1. The maximum absolute atomic E-state index is 13.7. The van der Waals surface area contributed by atoms with Crippen molar-refractivity contribution in [2.45, 2.75) is 19.4 Å². The zero-order chi connectivity index (χ0) is 15.7. The second-order valence-electron chi connectivity index (χ2n) is 5.36.